The second-order valence-electron chi connectivity index (χ2n) is 7.44. The van der Waals surface area contributed by atoms with E-state index in [4.69, 9.17) is 4.74 Å². The number of nitrogens with one attached hydrogen (secondary N) is 1. The predicted octanol–water partition coefficient (Wildman–Crippen LogP) is 3.22. The number of hydrogen-bond donors (Lipinski definition) is 1. The second kappa shape index (κ2) is 10.1. The van der Waals surface area contributed by atoms with Gasteiger partial charge in [-0.1, -0.05) is 43.7 Å². The van der Waals surface area contributed by atoms with Crippen molar-refractivity contribution in [2.75, 3.05) is 19.5 Å². The first-order valence-corrected chi connectivity index (χ1v) is 11.0. The van der Waals surface area contributed by atoms with Gasteiger partial charge in [0.1, 0.15) is 0 Å². The second-order valence-corrected chi connectivity index (χ2v) is 8.38. The molecule has 7 heteroatoms. The number of hydrogen-bond acceptors (Lipinski definition) is 5. The van der Waals surface area contributed by atoms with Gasteiger partial charge in [-0.05, 0) is 37.3 Å². The van der Waals surface area contributed by atoms with Crippen molar-refractivity contribution in [2.24, 2.45) is 5.92 Å². The third-order valence-electron chi connectivity index (χ3n) is 5.35. The summed E-state index contributed by atoms with van der Waals surface area (Å²) in [4.78, 5) is 30.1. The molecule has 2 atom stereocenters. The number of rotatable bonds is 8. The Bertz CT molecular complexity index is 868. The van der Waals surface area contributed by atoms with Gasteiger partial charge in [0.05, 0.1) is 16.7 Å². The molecular weight excluding hydrogens is 374 g/mol. The SMILES string of the molecule is COCCCn1c(SCC(=O)N[C@@H]2CCCC[C@H]2C)nc2ccccc2c1=O. The average Bonchev–Trinajstić information content (AvgIpc) is 2.70. The summed E-state index contributed by atoms with van der Waals surface area (Å²) in [6.07, 6.45) is 5.36. The minimum atomic E-state index is -0.0643. The van der Waals surface area contributed by atoms with Gasteiger partial charge in [-0.15, -0.1) is 0 Å². The minimum Gasteiger partial charge on any atom is -0.385 e. The number of amides is 1. The van der Waals surface area contributed by atoms with Gasteiger partial charge < -0.3 is 10.1 Å². The highest BCUT2D eigenvalue weighted by atomic mass is 32.2. The fourth-order valence-corrected chi connectivity index (χ4v) is 4.57. The first kappa shape index (κ1) is 20.9. The van der Waals surface area contributed by atoms with E-state index in [1.165, 1.54) is 31.0 Å². The van der Waals surface area contributed by atoms with E-state index in [0.717, 1.165) is 12.8 Å². The minimum absolute atomic E-state index is 0.00889. The van der Waals surface area contributed by atoms with E-state index in [1.54, 1.807) is 17.7 Å². The number of fused-ring (bicyclic) bond motifs is 1. The maximum absolute atomic E-state index is 12.9. The summed E-state index contributed by atoms with van der Waals surface area (Å²) in [7, 11) is 1.65. The van der Waals surface area contributed by atoms with Crippen LogP contribution in [0.1, 0.15) is 39.0 Å². The third kappa shape index (κ3) is 5.14. The Hall–Kier alpha value is -1.86. The average molecular weight is 404 g/mol. The topological polar surface area (TPSA) is 73.2 Å². The monoisotopic (exact) mass is 403 g/mol. The summed E-state index contributed by atoms with van der Waals surface area (Å²) < 4.78 is 6.79. The Morgan fingerprint density at radius 3 is 2.89 bits per heavy atom. The van der Waals surface area contributed by atoms with Gasteiger partial charge in [-0.2, -0.15) is 0 Å². The van der Waals surface area contributed by atoms with Crippen molar-refractivity contribution in [3.05, 3.63) is 34.6 Å². The number of thioether (sulfide) groups is 1. The van der Waals surface area contributed by atoms with E-state index in [2.05, 4.69) is 17.2 Å². The van der Waals surface area contributed by atoms with E-state index in [1.807, 2.05) is 18.2 Å². The highest BCUT2D eigenvalue weighted by molar-refractivity contribution is 7.99. The van der Waals surface area contributed by atoms with Gasteiger partial charge in [-0.25, -0.2) is 4.98 Å². The number of benzene rings is 1. The molecule has 1 saturated carbocycles. The zero-order valence-electron chi connectivity index (χ0n) is 16.6. The molecule has 1 N–H and O–H groups in total. The Labute approximate surface area is 170 Å². The van der Waals surface area contributed by atoms with Crippen molar-refractivity contribution in [3.8, 4) is 0 Å². The third-order valence-corrected chi connectivity index (χ3v) is 6.32. The number of nitrogens with zero attached hydrogens (tertiary/aromatic N) is 2. The van der Waals surface area contributed by atoms with Crippen LogP contribution in [0.5, 0.6) is 0 Å². The molecule has 0 aliphatic heterocycles. The first-order valence-electron chi connectivity index (χ1n) is 10.0. The predicted molar refractivity (Wildman–Crippen MR) is 113 cm³/mol. The van der Waals surface area contributed by atoms with Crippen LogP contribution in [0.3, 0.4) is 0 Å². The van der Waals surface area contributed by atoms with E-state index < -0.39 is 0 Å². The molecule has 3 rings (SSSR count). The lowest BCUT2D eigenvalue weighted by Gasteiger charge is -2.29. The fraction of sp³-hybridized carbons (Fsp3) is 0.571. The Morgan fingerprint density at radius 2 is 2.11 bits per heavy atom. The molecule has 1 amide bonds. The molecule has 1 aliphatic rings. The van der Waals surface area contributed by atoms with Crippen molar-refractivity contribution < 1.29 is 9.53 Å². The molecule has 1 aliphatic carbocycles. The highest BCUT2D eigenvalue weighted by Crippen LogP contribution is 2.24. The zero-order valence-corrected chi connectivity index (χ0v) is 17.5. The number of para-hydroxylation sites is 1. The van der Waals surface area contributed by atoms with Gasteiger partial charge in [-0.3, -0.25) is 14.2 Å². The largest absolute Gasteiger partial charge is 0.385 e. The van der Waals surface area contributed by atoms with Gasteiger partial charge in [0.2, 0.25) is 5.91 Å². The molecular formula is C21H29N3O3S. The maximum atomic E-state index is 12.9. The van der Waals surface area contributed by atoms with Crippen LogP contribution >= 0.6 is 11.8 Å². The van der Waals surface area contributed by atoms with E-state index in [0.29, 0.717) is 35.1 Å². The van der Waals surface area contributed by atoms with E-state index in [-0.39, 0.29) is 23.3 Å². The lowest BCUT2D eigenvalue weighted by molar-refractivity contribution is -0.119. The lowest BCUT2D eigenvalue weighted by atomic mass is 9.86. The summed E-state index contributed by atoms with van der Waals surface area (Å²) in [6, 6.07) is 7.61. The summed E-state index contributed by atoms with van der Waals surface area (Å²) in [6.45, 7) is 3.30. The number of carbonyl (C=O) groups is 1. The molecule has 6 nitrogen and oxygen atoms in total. The zero-order chi connectivity index (χ0) is 19.9. The molecule has 0 radical (unpaired) electrons. The van der Waals surface area contributed by atoms with Crippen molar-refractivity contribution >= 4 is 28.6 Å². The molecule has 152 valence electrons. The van der Waals surface area contributed by atoms with Crippen molar-refractivity contribution in [3.63, 3.8) is 0 Å². The number of aromatic nitrogens is 2. The van der Waals surface area contributed by atoms with Crippen molar-refractivity contribution in [1.29, 1.82) is 0 Å². The van der Waals surface area contributed by atoms with Crippen LogP contribution in [0, 0.1) is 5.92 Å². The molecule has 0 saturated heterocycles. The first-order chi connectivity index (χ1) is 13.6. The number of ether oxygens (including phenoxy) is 1. The van der Waals surface area contributed by atoms with Crippen LogP contribution in [0.25, 0.3) is 10.9 Å². The van der Waals surface area contributed by atoms with Crippen molar-refractivity contribution in [1.82, 2.24) is 14.9 Å². The maximum Gasteiger partial charge on any atom is 0.262 e. The quantitative estimate of drug-likeness (QED) is 0.416. The Balaban J connectivity index is 1.74. The van der Waals surface area contributed by atoms with Crippen LogP contribution in [-0.2, 0) is 16.1 Å². The van der Waals surface area contributed by atoms with Crippen LogP contribution in [0.4, 0.5) is 0 Å². The smallest absolute Gasteiger partial charge is 0.262 e. The molecule has 0 spiro atoms. The molecule has 1 aromatic carbocycles. The molecule has 0 bridgehead atoms. The van der Waals surface area contributed by atoms with Gasteiger partial charge in [0.15, 0.2) is 5.16 Å². The molecule has 28 heavy (non-hydrogen) atoms. The van der Waals surface area contributed by atoms with Crippen molar-refractivity contribution in [2.45, 2.75) is 56.8 Å². The van der Waals surface area contributed by atoms with Gasteiger partial charge >= 0.3 is 0 Å². The Morgan fingerprint density at radius 1 is 1.32 bits per heavy atom. The number of carbonyl (C=O) groups excluding carboxylic acids is 1. The molecule has 1 fully saturated rings. The van der Waals surface area contributed by atoms with Gasteiger partial charge in [0, 0.05) is 26.3 Å². The molecule has 1 aromatic heterocycles. The fourth-order valence-electron chi connectivity index (χ4n) is 3.73. The molecule has 1 heterocycles. The van der Waals surface area contributed by atoms with Crippen LogP contribution in [0.2, 0.25) is 0 Å². The van der Waals surface area contributed by atoms with Crippen LogP contribution < -0.4 is 10.9 Å². The summed E-state index contributed by atoms with van der Waals surface area (Å²) in [5, 5.41) is 4.36. The highest BCUT2D eigenvalue weighted by Gasteiger charge is 2.23. The van der Waals surface area contributed by atoms with Gasteiger partial charge in [0.25, 0.3) is 5.56 Å². The summed E-state index contributed by atoms with van der Waals surface area (Å²) in [5.74, 6) is 0.793. The Kier molecular flexibility index (Phi) is 7.50. The standard InChI is InChI=1S/C21H29N3O3S/c1-15-8-3-5-10-17(15)22-19(25)14-28-21-23-18-11-6-4-9-16(18)20(26)24(21)12-7-13-27-2/h4,6,9,11,15,17H,3,5,7-8,10,12-14H2,1-2H3,(H,22,25)/t15-,17-/m1/s1. The molecule has 0 unspecified atom stereocenters. The van der Waals surface area contributed by atoms with E-state index in [9.17, 15) is 9.59 Å². The van der Waals surface area contributed by atoms with Crippen LogP contribution in [-0.4, -0.2) is 41.0 Å². The number of methoxy groups -OCH3 is 1. The summed E-state index contributed by atoms with van der Waals surface area (Å²) in [5.41, 5.74) is 0.602. The molecule has 2 aromatic rings. The normalized spacial score (nSPS) is 19.6. The van der Waals surface area contributed by atoms with Crippen LogP contribution in [0.15, 0.2) is 34.2 Å². The lowest BCUT2D eigenvalue weighted by Crippen LogP contribution is -2.42. The summed E-state index contributed by atoms with van der Waals surface area (Å²) >= 11 is 1.33. The van der Waals surface area contributed by atoms with E-state index >= 15 is 0 Å².